The first kappa shape index (κ1) is 17.0. The van der Waals surface area contributed by atoms with E-state index in [2.05, 4.69) is 0 Å². The van der Waals surface area contributed by atoms with E-state index in [1.54, 1.807) is 7.05 Å². The predicted molar refractivity (Wildman–Crippen MR) is 93.1 cm³/mol. The van der Waals surface area contributed by atoms with Crippen molar-refractivity contribution in [2.24, 2.45) is 0 Å². The molecule has 25 heavy (non-hydrogen) atoms. The lowest BCUT2D eigenvalue weighted by molar-refractivity contribution is -0.126. The van der Waals surface area contributed by atoms with Gasteiger partial charge in [-0.3, -0.25) is 9.69 Å². The molecule has 0 spiro atoms. The molecule has 0 aromatic heterocycles. The Balaban J connectivity index is 1.53. The second kappa shape index (κ2) is 7.36. The van der Waals surface area contributed by atoms with Gasteiger partial charge in [0, 0.05) is 7.05 Å². The number of β-amino-alcohol motifs (C(OH)–C–C–N with tert-alkyl or cyclic N) is 1. The van der Waals surface area contributed by atoms with Crippen LogP contribution in [0.3, 0.4) is 0 Å². The van der Waals surface area contributed by atoms with E-state index in [-0.39, 0.29) is 25.6 Å². The van der Waals surface area contributed by atoms with Crippen LogP contribution in [0.5, 0.6) is 5.75 Å². The molecule has 0 unspecified atom stereocenters. The summed E-state index contributed by atoms with van der Waals surface area (Å²) in [6.45, 7) is -0.0110. The molecule has 1 heterocycles. The number of carbonyl (C=O) groups is 2. The maximum Gasteiger partial charge on any atom is 0.327 e. The molecule has 1 aliphatic rings. The van der Waals surface area contributed by atoms with Crippen molar-refractivity contribution in [3.8, 4) is 16.9 Å². The molecule has 0 saturated carbocycles. The Labute approximate surface area is 146 Å². The van der Waals surface area contributed by atoms with Gasteiger partial charge in [0.25, 0.3) is 0 Å². The summed E-state index contributed by atoms with van der Waals surface area (Å²) < 4.78 is 5.55. The molecule has 1 saturated heterocycles. The summed E-state index contributed by atoms with van der Waals surface area (Å²) in [6.07, 6.45) is -0.937. The summed E-state index contributed by atoms with van der Waals surface area (Å²) in [4.78, 5) is 25.8. The Kier molecular flexibility index (Phi) is 5.00. The standard InChI is InChI=1S/C19H20N2O4/c1-20-12-18(23)21(19(20)24)11-16(22)13-25-17-9-7-15(8-10-17)14-5-3-2-4-6-14/h2-10,16,22H,11-13H2,1H3/t16-/m1/s1. The average molecular weight is 340 g/mol. The van der Waals surface area contributed by atoms with Crippen molar-refractivity contribution in [1.29, 1.82) is 0 Å². The number of ether oxygens (including phenoxy) is 1. The van der Waals surface area contributed by atoms with Crippen LogP contribution in [0.25, 0.3) is 11.1 Å². The van der Waals surface area contributed by atoms with Crippen LogP contribution in [0.1, 0.15) is 0 Å². The van der Waals surface area contributed by atoms with Gasteiger partial charge in [-0.15, -0.1) is 0 Å². The largest absolute Gasteiger partial charge is 0.491 e. The number of imide groups is 1. The quantitative estimate of drug-likeness (QED) is 0.817. The molecule has 130 valence electrons. The Morgan fingerprint density at radius 1 is 1.04 bits per heavy atom. The minimum Gasteiger partial charge on any atom is -0.491 e. The van der Waals surface area contributed by atoms with Crippen molar-refractivity contribution in [1.82, 2.24) is 9.80 Å². The Hall–Kier alpha value is -2.86. The molecule has 1 fully saturated rings. The third-order valence-corrected chi connectivity index (χ3v) is 4.03. The number of aliphatic hydroxyl groups excluding tert-OH is 1. The molecule has 3 rings (SSSR count). The van der Waals surface area contributed by atoms with Crippen LogP contribution < -0.4 is 4.74 Å². The van der Waals surface area contributed by atoms with Crippen LogP contribution in [0.4, 0.5) is 4.79 Å². The van der Waals surface area contributed by atoms with E-state index in [1.165, 1.54) is 4.90 Å². The molecule has 2 aromatic carbocycles. The molecular weight excluding hydrogens is 320 g/mol. The summed E-state index contributed by atoms with van der Waals surface area (Å²) in [5, 5.41) is 10.0. The number of nitrogens with zero attached hydrogens (tertiary/aromatic N) is 2. The summed E-state index contributed by atoms with van der Waals surface area (Å²) in [7, 11) is 1.55. The maximum atomic E-state index is 11.8. The van der Waals surface area contributed by atoms with Gasteiger partial charge in [-0.2, -0.15) is 0 Å². The second-order valence-electron chi connectivity index (χ2n) is 6.00. The zero-order chi connectivity index (χ0) is 17.8. The number of likely N-dealkylation sites (N-methyl/N-ethyl adjacent to an activating group) is 1. The van der Waals surface area contributed by atoms with Crippen molar-refractivity contribution in [2.75, 3.05) is 26.7 Å². The van der Waals surface area contributed by atoms with E-state index in [4.69, 9.17) is 4.74 Å². The first-order chi connectivity index (χ1) is 12.0. The monoisotopic (exact) mass is 340 g/mol. The SMILES string of the molecule is CN1CC(=O)N(C[C@@H](O)COc2ccc(-c3ccccc3)cc2)C1=O. The van der Waals surface area contributed by atoms with Crippen LogP contribution in [0, 0.1) is 0 Å². The second-order valence-corrected chi connectivity index (χ2v) is 6.00. The maximum absolute atomic E-state index is 11.8. The van der Waals surface area contributed by atoms with Gasteiger partial charge in [0.05, 0.1) is 6.54 Å². The number of aliphatic hydroxyl groups is 1. The molecule has 0 aliphatic carbocycles. The van der Waals surface area contributed by atoms with Crippen molar-refractivity contribution in [3.63, 3.8) is 0 Å². The van der Waals surface area contributed by atoms with Crippen LogP contribution in [-0.2, 0) is 4.79 Å². The molecule has 3 amide bonds. The Bertz CT molecular complexity index is 746. The number of carbonyl (C=O) groups excluding carboxylic acids is 2. The van der Waals surface area contributed by atoms with E-state index in [0.717, 1.165) is 16.0 Å². The lowest BCUT2D eigenvalue weighted by Crippen LogP contribution is -2.40. The van der Waals surface area contributed by atoms with E-state index < -0.39 is 12.1 Å². The molecule has 0 bridgehead atoms. The molecule has 1 N–H and O–H groups in total. The number of urea groups is 1. The predicted octanol–water partition coefficient (Wildman–Crippen LogP) is 1.99. The summed E-state index contributed by atoms with van der Waals surface area (Å²) >= 11 is 0. The van der Waals surface area contributed by atoms with E-state index >= 15 is 0 Å². The highest BCUT2D eigenvalue weighted by Gasteiger charge is 2.34. The third-order valence-electron chi connectivity index (χ3n) is 4.03. The van der Waals surface area contributed by atoms with Gasteiger partial charge in [0.15, 0.2) is 0 Å². The highest BCUT2D eigenvalue weighted by molar-refractivity contribution is 6.01. The van der Waals surface area contributed by atoms with Crippen LogP contribution in [0.2, 0.25) is 0 Å². The zero-order valence-electron chi connectivity index (χ0n) is 14.0. The fourth-order valence-electron chi connectivity index (χ4n) is 2.68. The molecule has 6 nitrogen and oxygen atoms in total. The normalized spacial score (nSPS) is 15.6. The molecule has 2 aromatic rings. The molecule has 0 radical (unpaired) electrons. The molecule has 1 aliphatic heterocycles. The fourth-order valence-corrected chi connectivity index (χ4v) is 2.68. The Morgan fingerprint density at radius 3 is 2.28 bits per heavy atom. The number of benzene rings is 2. The third kappa shape index (κ3) is 3.97. The highest BCUT2D eigenvalue weighted by Crippen LogP contribution is 2.22. The molecular formula is C19H20N2O4. The van der Waals surface area contributed by atoms with Gasteiger partial charge in [-0.05, 0) is 23.3 Å². The zero-order valence-corrected chi connectivity index (χ0v) is 14.0. The fraction of sp³-hybridized carbons (Fsp3) is 0.263. The van der Waals surface area contributed by atoms with E-state index in [1.807, 2.05) is 54.6 Å². The lowest BCUT2D eigenvalue weighted by Gasteiger charge is -2.18. The minimum absolute atomic E-state index is 0.00541. The van der Waals surface area contributed by atoms with Crippen LogP contribution in [-0.4, -0.2) is 59.7 Å². The molecule has 1 atom stereocenters. The number of amides is 3. The van der Waals surface area contributed by atoms with Crippen LogP contribution in [0.15, 0.2) is 54.6 Å². The van der Waals surface area contributed by atoms with Crippen LogP contribution >= 0.6 is 0 Å². The molecule has 6 heteroatoms. The lowest BCUT2D eigenvalue weighted by atomic mass is 10.1. The first-order valence-electron chi connectivity index (χ1n) is 8.06. The smallest absolute Gasteiger partial charge is 0.327 e. The van der Waals surface area contributed by atoms with E-state index in [0.29, 0.717) is 5.75 Å². The van der Waals surface area contributed by atoms with Crippen molar-refractivity contribution in [2.45, 2.75) is 6.10 Å². The van der Waals surface area contributed by atoms with Gasteiger partial charge in [0.1, 0.15) is 25.0 Å². The van der Waals surface area contributed by atoms with Crippen molar-refractivity contribution in [3.05, 3.63) is 54.6 Å². The van der Waals surface area contributed by atoms with Gasteiger partial charge in [-0.1, -0.05) is 42.5 Å². The van der Waals surface area contributed by atoms with Gasteiger partial charge >= 0.3 is 6.03 Å². The van der Waals surface area contributed by atoms with Gasteiger partial charge in [-0.25, -0.2) is 4.79 Å². The highest BCUT2D eigenvalue weighted by atomic mass is 16.5. The number of hydrogen-bond acceptors (Lipinski definition) is 4. The van der Waals surface area contributed by atoms with Gasteiger partial charge in [0.2, 0.25) is 5.91 Å². The number of rotatable bonds is 6. The van der Waals surface area contributed by atoms with E-state index in [9.17, 15) is 14.7 Å². The summed E-state index contributed by atoms with van der Waals surface area (Å²) in [5.74, 6) is 0.314. The van der Waals surface area contributed by atoms with Gasteiger partial charge < -0.3 is 14.7 Å². The van der Waals surface area contributed by atoms with Crippen molar-refractivity contribution < 1.29 is 19.4 Å². The summed E-state index contributed by atoms with van der Waals surface area (Å²) in [5.41, 5.74) is 2.19. The first-order valence-corrected chi connectivity index (χ1v) is 8.06. The average Bonchev–Trinajstić information content (AvgIpc) is 2.87. The number of hydrogen-bond donors (Lipinski definition) is 1. The summed E-state index contributed by atoms with van der Waals surface area (Å²) in [6, 6.07) is 17.1. The van der Waals surface area contributed by atoms with Crippen molar-refractivity contribution >= 4 is 11.9 Å². The minimum atomic E-state index is -0.937. The Morgan fingerprint density at radius 2 is 1.68 bits per heavy atom. The topological polar surface area (TPSA) is 70.1 Å².